The predicted octanol–water partition coefficient (Wildman–Crippen LogP) is 13.5. The van der Waals surface area contributed by atoms with E-state index in [-0.39, 0.29) is 0 Å². The summed E-state index contributed by atoms with van der Waals surface area (Å²) >= 11 is 0. The Bertz CT molecular complexity index is 3300. The first-order valence-corrected chi connectivity index (χ1v) is 20.5. The van der Waals surface area contributed by atoms with E-state index in [0.29, 0.717) is 17.5 Å². The van der Waals surface area contributed by atoms with E-state index >= 15 is 0 Å². The van der Waals surface area contributed by atoms with Crippen LogP contribution in [0.15, 0.2) is 218 Å². The zero-order valence-electron chi connectivity index (χ0n) is 32.6. The topological polar surface area (TPSA) is 43.6 Å². The first kappa shape index (κ1) is 34.1. The second-order valence-corrected chi connectivity index (χ2v) is 15.5. The highest BCUT2D eigenvalue weighted by Gasteiger charge is 2.48. The van der Waals surface area contributed by atoms with Crippen LogP contribution in [0.25, 0.3) is 83.6 Å². The van der Waals surface area contributed by atoms with Crippen molar-refractivity contribution in [3.8, 4) is 51.0 Å². The van der Waals surface area contributed by atoms with Gasteiger partial charge in [0.05, 0.1) is 16.4 Å². The van der Waals surface area contributed by atoms with E-state index in [1.807, 2.05) is 60.7 Å². The average molecular weight is 765 g/mol. The van der Waals surface area contributed by atoms with Gasteiger partial charge in [-0.2, -0.15) is 0 Å². The molecular weight excluding hydrogens is 729 g/mol. The van der Waals surface area contributed by atoms with Gasteiger partial charge in [-0.1, -0.05) is 188 Å². The van der Waals surface area contributed by atoms with E-state index in [4.69, 9.17) is 15.0 Å². The molecule has 1 aliphatic rings. The summed E-state index contributed by atoms with van der Waals surface area (Å²) in [5, 5.41) is 4.95. The molecule has 0 atom stereocenters. The lowest BCUT2D eigenvalue weighted by Crippen LogP contribution is -2.28. The van der Waals surface area contributed by atoms with Gasteiger partial charge in [-0.25, -0.2) is 15.0 Å². The van der Waals surface area contributed by atoms with Gasteiger partial charge in [-0.15, -0.1) is 0 Å². The van der Waals surface area contributed by atoms with Crippen LogP contribution < -0.4 is 0 Å². The number of aromatic nitrogens is 4. The lowest BCUT2D eigenvalue weighted by atomic mass is 9.66. The molecule has 11 aromatic rings. The summed E-state index contributed by atoms with van der Waals surface area (Å²) < 4.78 is 2.47. The fourth-order valence-corrected chi connectivity index (χ4v) is 9.84. The summed E-state index contributed by atoms with van der Waals surface area (Å²) in [7, 11) is 0. The Morgan fingerprint density at radius 3 is 1.40 bits per heavy atom. The van der Waals surface area contributed by atoms with Gasteiger partial charge in [0, 0.05) is 38.5 Å². The van der Waals surface area contributed by atoms with Crippen molar-refractivity contribution >= 4 is 32.6 Å². The molecule has 0 aliphatic heterocycles. The number of fused-ring (bicyclic) bond motifs is 10. The largest absolute Gasteiger partial charge is 0.309 e. The third-order valence-corrected chi connectivity index (χ3v) is 12.3. The number of hydrogen-bond donors (Lipinski definition) is 0. The maximum absolute atomic E-state index is 5.04. The maximum Gasteiger partial charge on any atom is 0.164 e. The van der Waals surface area contributed by atoms with E-state index < -0.39 is 5.41 Å². The lowest BCUT2D eigenvalue weighted by Gasteiger charge is -2.34. The third kappa shape index (κ3) is 5.01. The molecule has 0 bridgehead atoms. The molecule has 4 nitrogen and oxygen atoms in total. The first-order chi connectivity index (χ1) is 29.8. The third-order valence-electron chi connectivity index (χ3n) is 12.3. The van der Waals surface area contributed by atoms with Crippen LogP contribution in [-0.4, -0.2) is 19.5 Å². The molecule has 1 aliphatic carbocycles. The van der Waals surface area contributed by atoms with E-state index in [2.05, 4.69) is 162 Å². The maximum atomic E-state index is 5.04. The van der Waals surface area contributed by atoms with Crippen molar-refractivity contribution in [3.05, 3.63) is 241 Å². The zero-order chi connectivity index (χ0) is 39.6. The van der Waals surface area contributed by atoms with Crippen molar-refractivity contribution in [2.24, 2.45) is 0 Å². The number of hydrogen-bond acceptors (Lipinski definition) is 3. The monoisotopic (exact) mass is 764 g/mol. The zero-order valence-corrected chi connectivity index (χ0v) is 32.6. The molecule has 2 heterocycles. The average Bonchev–Trinajstić information content (AvgIpc) is 3.84. The van der Waals surface area contributed by atoms with Crippen LogP contribution in [0.4, 0.5) is 0 Å². The highest BCUT2D eigenvalue weighted by atomic mass is 15.0. The molecule has 0 spiro atoms. The highest BCUT2D eigenvalue weighted by molar-refractivity contribution is 6.26. The Kier molecular flexibility index (Phi) is 7.72. The van der Waals surface area contributed by atoms with E-state index in [1.54, 1.807) is 0 Å². The van der Waals surface area contributed by atoms with Crippen LogP contribution in [0.1, 0.15) is 22.3 Å². The van der Waals surface area contributed by atoms with Crippen LogP contribution in [0.3, 0.4) is 0 Å². The summed E-state index contributed by atoms with van der Waals surface area (Å²) in [5.41, 5.74) is 13.4. The standard InChI is InChI=1S/C56H36N4/c1-5-19-37(20-6-1)53-57-54(38-21-7-2-8-22-38)59-55(58-53)39-33-35-42(36-34-39)60-48-32-18-16-30-46(48)50-51-49(43-27-13-14-28-44(43)52(50)60)45-29-15-17-31-47(45)56(51,40-23-9-3-10-24-40)41-25-11-4-12-26-41/h1-36H. The molecule has 60 heavy (non-hydrogen) atoms. The molecule has 0 N–H and O–H groups in total. The molecule has 0 unspecified atom stereocenters. The molecule has 0 radical (unpaired) electrons. The van der Waals surface area contributed by atoms with E-state index in [0.717, 1.165) is 27.9 Å². The van der Waals surface area contributed by atoms with Gasteiger partial charge < -0.3 is 4.57 Å². The van der Waals surface area contributed by atoms with E-state index in [1.165, 1.54) is 60.4 Å². The van der Waals surface area contributed by atoms with Gasteiger partial charge in [0.2, 0.25) is 0 Å². The van der Waals surface area contributed by atoms with E-state index in [9.17, 15) is 0 Å². The summed E-state index contributed by atoms with van der Waals surface area (Å²) in [5.74, 6) is 1.92. The number of rotatable bonds is 6. The number of para-hydroxylation sites is 1. The van der Waals surface area contributed by atoms with Gasteiger partial charge >= 0.3 is 0 Å². The Morgan fingerprint density at radius 2 is 0.817 bits per heavy atom. The predicted molar refractivity (Wildman–Crippen MR) is 245 cm³/mol. The normalized spacial score (nSPS) is 12.8. The van der Waals surface area contributed by atoms with Crippen molar-refractivity contribution in [1.29, 1.82) is 0 Å². The molecule has 2 aromatic heterocycles. The van der Waals surface area contributed by atoms with Gasteiger partial charge in [0.15, 0.2) is 17.5 Å². The van der Waals surface area contributed by atoms with Crippen molar-refractivity contribution in [2.75, 3.05) is 0 Å². The molecule has 0 saturated carbocycles. The Labute approximate surface area is 347 Å². The Balaban J connectivity index is 1.15. The second kappa shape index (κ2) is 13.6. The summed E-state index contributed by atoms with van der Waals surface area (Å²) in [6, 6.07) is 78.2. The Morgan fingerprint density at radius 1 is 0.367 bits per heavy atom. The second-order valence-electron chi connectivity index (χ2n) is 15.5. The molecule has 0 fully saturated rings. The lowest BCUT2D eigenvalue weighted by molar-refractivity contribution is 0.776. The van der Waals surface area contributed by atoms with Crippen LogP contribution in [0.2, 0.25) is 0 Å². The molecule has 12 rings (SSSR count). The minimum absolute atomic E-state index is 0.568. The van der Waals surface area contributed by atoms with Gasteiger partial charge in [-0.05, 0) is 69.1 Å². The molecular formula is C56H36N4. The highest BCUT2D eigenvalue weighted by Crippen LogP contribution is 2.61. The molecule has 280 valence electrons. The summed E-state index contributed by atoms with van der Waals surface area (Å²) in [6.07, 6.45) is 0. The van der Waals surface area contributed by atoms with Crippen molar-refractivity contribution in [1.82, 2.24) is 19.5 Å². The first-order valence-electron chi connectivity index (χ1n) is 20.5. The fraction of sp³-hybridized carbons (Fsp3) is 0.0179. The molecule has 0 amide bonds. The Hall–Kier alpha value is -7.95. The number of nitrogens with zero attached hydrogens (tertiary/aromatic N) is 4. The van der Waals surface area contributed by atoms with Gasteiger partial charge in [-0.3, -0.25) is 0 Å². The summed E-state index contributed by atoms with van der Waals surface area (Å²) in [4.78, 5) is 15.0. The van der Waals surface area contributed by atoms with Crippen molar-refractivity contribution < 1.29 is 0 Å². The van der Waals surface area contributed by atoms with Crippen LogP contribution in [-0.2, 0) is 5.41 Å². The molecule has 4 heteroatoms. The van der Waals surface area contributed by atoms with Crippen molar-refractivity contribution in [3.63, 3.8) is 0 Å². The quantitative estimate of drug-likeness (QED) is 0.169. The minimum atomic E-state index is -0.568. The summed E-state index contributed by atoms with van der Waals surface area (Å²) in [6.45, 7) is 0. The van der Waals surface area contributed by atoms with Crippen LogP contribution in [0.5, 0.6) is 0 Å². The van der Waals surface area contributed by atoms with Gasteiger partial charge in [0.25, 0.3) is 0 Å². The smallest absolute Gasteiger partial charge is 0.164 e. The van der Waals surface area contributed by atoms with Gasteiger partial charge in [0.1, 0.15) is 0 Å². The van der Waals surface area contributed by atoms with Crippen molar-refractivity contribution in [2.45, 2.75) is 5.41 Å². The molecule has 9 aromatic carbocycles. The SMILES string of the molecule is c1ccc(-c2nc(-c3ccccc3)nc(-c3ccc(-n4c5ccccc5c5c6c(c7ccccc7c54)-c4ccccc4C6(c4ccccc4)c4ccccc4)cc3)n2)cc1. The van der Waals surface area contributed by atoms with Crippen LogP contribution in [0, 0.1) is 0 Å². The van der Waals surface area contributed by atoms with Crippen LogP contribution >= 0.6 is 0 Å². The molecule has 0 saturated heterocycles. The minimum Gasteiger partial charge on any atom is -0.309 e. The fourth-order valence-electron chi connectivity index (χ4n) is 9.84. The number of benzene rings is 9.